The summed E-state index contributed by atoms with van der Waals surface area (Å²) in [6.07, 6.45) is 0.295. The zero-order valence-corrected chi connectivity index (χ0v) is 12.4. The maximum atomic E-state index is 12.0. The SMILES string of the molecule is CC(C)(CO)NC(=O)Cc1csc2ccc(Cl)cc12. The highest BCUT2D eigenvalue weighted by Crippen LogP contribution is 2.29. The number of aliphatic hydroxyl groups excluding tert-OH is 1. The third-order valence-electron chi connectivity index (χ3n) is 2.84. The van der Waals surface area contributed by atoms with Crippen molar-refractivity contribution in [1.29, 1.82) is 0 Å². The first kappa shape index (κ1) is 14.3. The lowest BCUT2D eigenvalue weighted by molar-refractivity contribution is -0.122. The van der Waals surface area contributed by atoms with Gasteiger partial charge in [-0.05, 0) is 48.4 Å². The van der Waals surface area contributed by atoms with Gasteiger partial charge in [-0.1, -0.05) is 11.6 Å². The molecule has 0 bridgehead atoms. The molecular formula is C14H16ClNO2S. The van der Waals surface area contributed by atoms with Crippen molar-refractivity contribution in [1.82, 2.24) is 5.32 Å². The number of halogens is 1. The Bertz CT molecular complexity index is 607. The van der Waals surface area contributed by atoms with Crippen LogP contribution in [0.3, 0.4) is 0 Å². The minimum absolute atomic E-state index is 0.0883. The Morgan fingerprint density at radius 1 is 1.47 bits per heavy atom. The topological polar surface area (TPSA) is 49.3 Å². The van der Waals surface area contributed by atoms with Crippen molar-refractivity contribution in [3.8, 4) is 0 Å². The summed E-state index contributed by atoms with van der Waals surface area (Å²) in [6.45, 7) is 3.48. The zero-order chi connectivity index (χ0) is 14.0. The molecule has 1 aromatic heterocycles. The largest absolute Gasteiger partial charge is 0.394 e. The Balaban J connectivity index is 2.17. The molecule has 0 atom stereocenters. The van der Waals surface area contributed by atoms with Gasteiger partial charge in [0.05, 0.1) is 18.6 Å². The van der Waals surface area contributed by atoms with E-state index in [0.717, 1.165) is 15.6 Å². The van der Waals surface area contributed by atoms with Crippen molar-refractivity contribution in [3.05, 3.63) is 34.2 Å². The van der Waals surface area contributed by atoms with E-state index in [4.69, 9.17) is 16.7 Å². The number of benzene rings is 1. The highest BCUT2D eigenvalue weighted by atomic mass is 35.5. The van der Waals surface area contributed by atoms with Gasteiger partial charge in [0.2, 0.25) is 5.91 Å². The molecule has 0 saturated heterocycles. The van der Waals surface area contributed by atoms with Crippen LogP contribution in [0.25, 0.3) is 10.1 Å². The standard InChI is InChI=1S/C14H16ClNO2S/c1-14(2,8-17)16-13(18)5-9-7-19-12-4-3-10(15)6-11(9)12/h3-4,6-7,17H,5,8H2,1-2H3,(H,16,18). The van der Waals surface area contributed by atoms with E-state index < -0.39 is 5.54 Å². The maximum absolute atomic E-state index is 12.0. The predicted molar refractivity (Wildman–Crippen MR) is 79.8 cm³/mol. The summed E-state index contributed by atoms with van der Waals surface area (Å²) in [5.41, 5.74) is 0.370. The Kier molecular flexibility index (Phi) is 4.13. The molecule has 0 fully saturated rings. The number of rotatable bonds is 4. The third-order valence-corrected chi connectivity index (χ3v) is 4.09. The lowest BCUT2D eigenvalue weighted by Gasteiger charge is -2.23. The molecule has 5 heteroatoms. The van der Waals surface area contributed by atoms with Crippen LogP contribution in [-0.2, 0) is 11.2 Å². The molecule has 1 aromatic carbocycles. The Hall–Kier alpha value is -1.10. The van der Waals surface area contributed by atoms with Crippen LogP contribution in [0.1, 0.15) is 19.4 Å². The molecule has 0 radical (unpaired) electrons. The lowest BCUT2D eigenvalue weighted by atomic mass is 10.1. The number of thiophene rings is 1. The Morgan fingerprint density at radius 2 is 2.21 bits per heavy atom. The van der Waals surface area contributed by atoms with E-state index in [2.05, 4.69) is 5.32 Å². The molecule has 0 unspecified atom stereocenters. The van der Waals surface area contributed by atoms with Crippen LogP contribution in [0.15, 0.2) is 23.6 Å². The minimum Gasteiger partial charge on any atom is -0.394 e. The summed E-state index contributed by atoms with van der Waals surface area (Å²) in [5.74, 6) is -0.0984. The fourth-order valence-electron chi connectivity index (χ4n) is 1.83. The van der Waals surface area contributed by atoms with Crippen molar-refractivity contribution in [2.24, 2.45) is 0 Å². The molecular weight excluding hydrogens is 282 g/mol. The number of hydrogen-bond donors (Lipinski definition) is 2. The summed E-state index contributed by atoms with van der Waals surface area (Å²) >= 11 is 7.58. The van der Waals surface area contributed by atoms with Crippen molar-refractivity contribution >= 4 is 38.9 Å². The summed E-state index contributed by atoms with van der Waals surface area (Å²) in [5, 5.41) is 15.6. The summed E-state index contributed by atoms with van der Waals surface area (Å²) in [6, 6.07) is 5.69. The minimum atomic E-state index is -0.597. The van der Waals surface area contributed by atoms with Crippen LogP contribution in [0, 0.1) is 0 Å². The van der Waals surface area contributed by atoms with E-state index in [1.807, 2.05) is 23.6 Å². The molecule has 0 aliphatic carbocycles. The molecule has 2 N–H and O–H groups in total. The van der Waals surface area contributed by atoms with Gasteiger partial charge in [-0.25, -0.2) is 0 Å². The number of fused-ring (bicyclic) bond motifs is 1. The second-order valence-electron chi connectivity index (χ2n) is 5.17. The van der Waals surface area contributed by atoms with E-state index >= 15 is 0 Å². The van der Waals surface area contributed by atoms with Gasteiger partial charge in [0.1, 0.15) is 0 Å². The Morgan fingerprint density at radius 3 is 2.89 bits per heavy atom. The van der Waals surface area contributed by atoms with E-state index in [1.165, 1.54) is 0 Å². The van der Waals surface area contributed by atoms with Gasteiger partial charge in [0.15, 0.2) is 0 Å². The smallest absolute Gasteiger partial charge is 0.224 e. The van der Waals surface area contributed by atoms with Crippen molar-refractivity contribution < 1.29 is 9.90 Å². The number of aliphatic hydroxyl groups is 1. The molecule has 0 spiro atoms. The number of carbonyl (C=O) groups excluding carboxylic acids is 1. The molecule has 1 amide bonds. The van der Waals surface area contributed by atoms with Gasteiger partial charge in [-0.2, -0.15) is 0 Å². The molecule has 1 heterocycles. The van der Waals surface area contributed by atoms with Gasteiger partial charge in [0.25, 0.3) is 0 Å². The predicted octanol–water partition coefficient (Wildman–Crippen LogP) is 2.98. The van der Waals surface area contributed by atoms with Crippen LogP contribution >= 0.6 is 22.9 Å². The van der Waals surface area contributed by atoms with Gasteiger partial charge in [0, 0.05) is 9.72 Å². The second kappa shape index (κ2) is 5.49. The molecule has 3 nitrogen and oxygen atoms in total. The molecule has 2 rings (SSSR count). The summed E-state index contributed by atoms with van der Waals surface area (Å²) < 4.78 is 1.12. The number of amides is 1. The van der Waals surface area contributed by atoms with Crippen molar-refractivity contribution in [2.45, 2.75) is 25.8 Å². The van der Waals surface area contributed by atoms with Crippen molar-refractivity contribution in [3.63, 3.8) is 0 Å². The van der Waals surface area contributed by atoms with Gasteiger partial charge >= 0.3 is 0 Å². The van der Waals surface area contributed by atoms with Crippen LogP contribution in [-0.4, -0.2) is 23.2 Å². The van der Waals surface area contributed by atoms with Crippen LogP contribution in [0.2, 0.25) is 5.02 Å². The highest BCUT2D eigenvalue weighted by Gasteiger charge is 2.19. The Labute approximate surface area is 121 Å². The average molecular weight is 298 g/mol. The number of nitrogens with one attached hydrogen (secondary N) is 1. The average Bonchev–Trinajstić information content (AvgIpc) is 2.71. The number of carbonyl (C=O) groups is 1. The summed E-state index contributed by atoms with van der Waals surface area (Å²) in [4.78, 5) is 12.0. The third kappa shape index (κ3) is 3.47. The normalized spacial score (nSPS) is 11.8. The van der Waals surface area contributed by atoms with E-state index in [1.54, 1.807) is 25.2 Å². The number of hydrogen-bond acceptors (Lipinski definition) is 3. The van der Waals surface area contributed by atoms with Gasteiger partial charge in [-0.3, -0.25) is 4.79 Å². The van der Waals surface area contributed by atoms with Crippen LogP contribution < -0.4 is 5.32 Å². The van der Waals surface area contributed by atoms with E-state index in [0.29, 0.717) is 11.4 Å². The molecule has 0 aliphatic rings. The van der Waals surface area contributed by atoms with Crippen molar-refractivity contribution in [2.75, 3.05) is 6.61 Å². The first-order valence-electron chi connectivity index (χ1n) is 5.99. The van der Waals surface area contributed by atoms with E-state index in [-0.39, 0.29) is 12.5 Å². The first-order chi connectivity index (χ1) is 8.91. The van der Waals surface area contributed by atoms with Gasteiger partial charge < -0.3 is 10.4 Å². The van der Waals surface area contributed by atoms with Gasteiger partial charge in [-0.15, -0.1) is 11.3 Å². The molecule has 102 valence electrons. The zero-order valence-electron chi connectivity index (χ0n) is 10.9. The quantitative estimate of drug-likeness (QED) is 0.911. The summed E-state index contributed by atoms with van der Waals surface area (Å²) in [7, 11) is 0. The molecule has 0 aliphatic heterocycles. The second-order valence-corrected chi connectivity index (χ2v) is 6.52. The fraction of sp³-hybridized carbons (Fsp3) is 0.357. The molecule has 0 saturated carbocycles. The molecule has 2 aromatic rings. The van der Waals surface area contributed by atoms with Crippen LogP contribution in [0.4, 0.5) is 0 Å². The first-order valence-corrected chi connectivity index (χ1v) is 7.24. The highest BCUT2D eigenvalue weighted by molar-refractivity contribution is 7.17. The lowest BCUT2D eigenvalue weighted by Crippen LogP contribution is -2.46. The maximum Gasteiger partial charge on any atom is 0.224 e. The molecule has 19 heavy (non-hydrogen) atoms. The van der Waals surface area contributed by atoms with Crippen LogP contribution in [0.5, 0.6) is 0 Å². The fourth-order valence-corrected chi connectivity index (χ4v) is 2.94. The van der Waals surface area contributed by atoms with E-state index in [9.17, 15) is 4.79 Å². The monoisotopic (exact) mass is 297 g/mol.